The lowest BCUT2D eigenvalue weighted by Crippen LogP contribution is -2.50. The topological polar surface area (TPSA) is 90.0 Å². The van der Waals surface area contributed by atoms with Gasteiger partial charge in [0, 0.05) is 49.3 Å². The Hall–Kier alpha value is -4.70. The summed E-state index contributed by atoms with van der Waals surface area (Å²) >= 11 is 0. The van der Waals surface area contributed by atoms with E-state index < -0.39 is 0 Å². The smallest absolute Gasteiger partial charge is 0.336 e. The molecule has 0 saturated carbocycles. The summed E-state index contributed by atoms with van der Waals surface area (Å²) in [5.74, 6) is 2.07. The van der Waals surface area contributed by atoms with Crippen molar-refractivity contribution in [3.8, 4) is 5.75 Å². The van der Waals surface area contributed by atoms with Crippen LogP contribution in [-0.4, -0.2) is 66.2 Å². The van der Waals surface area contributed by atoms with Gasteiger partial charge in [0.1, 0.15) is 11.6 Å². The fourth-order valence-corrected chi connectivity index (χ4v) is 6.15. The molecule has 10 heteroatoms. The number of piperazine rings is 1. The molecule has 4 heterocycles. The highest BCUT2D eigenvalue weighted by Crippen LogP contribution is 2.46. The molecule has 1 saturated heterocycles. The molecule has 2 aliphatic rings. The van der Waals surface area contributed by atoms with Gasteiger partial charge in [-0.05, 0) is 74.3 Å². The zero-order valence-corrected chi connectivity index (χ0v) is 26.3. The minimum absolute atomic E-state index is 0.0900. The number of nitrogens with one attached hydrogen (secondary N) is 1. The molecule has 1 N–H and O–H groups in total. The van der Waals surface area contributed by atoms with Gasteiger partial charge in [0.2, 0.25) is 5.95 Å². The molecule has 1 fully saturated rings. The number of urea groups is 1. The number of aromatic nitrogens is 3. The van der Waals surface area contributed by atoms with Crippen LogP contribution < -0.4 is 24.8 Å². The molecule has 0 bridgehead atoms. The molecular weight excluding hydrogens is 552 g/mol. The normalized spacial score (nSPS) is 17.2. The molecule has 2 aromatic carbocycles. The van der Waals surface area contributed by atoms with Crippen molar-refractivity contribution >= 4 is 40.7 Å². The largest absolute Gasteiger partial charge is 0.495 e. The van der Waals surface area contributed by atoms with Gasteiger partial charge in [-0.25, -0.2) is 19.7 Å². The highest BCUT2D eigenvalue weighted by molar-refractivity contribution is 6.11. The predicted octanol–water partition coefficient (Wildman–Crippen LogP) is 6.47. The standard InChI is InChI=1S/C34H40N8O2/c1-22(2)30-28-21-36-33(37-25-10-12-26(13-11-25)40-18-16-39(5)17-19-40)38-32(28)41(29-15-14-27(44-6)20-35-29)34(43)42(30)31-23(3)8-7-9-24(31)4/h7-15,20-22,30H,16-19H2,1-6H3,(H,36,37,38). The van der Waals surface area contributed by atoms with E-state index >= 15 is 0 Å². The number of pyridine rings is 1. The molecule has 2 amide bonds. The number of hydrogen-bond donors (Lipinski definition) is 1. The molecule has 228 valence electrons. The van der Waals surface area contributed by atoms with Crippen molar-refractivity contribution in [2.45, 2.75) is 33.7 Å². The molecule has 0 radical (unpaired) electrons. The number of fused-ring (bicyclic) bond motifs is 1. The Bertz CT molecular complexity index is 1610. The van der Waals surface area contributed by atoms with Crippen LogP contribution in [0.15, 0.2) is 67.0 Å². The monoisotopic (exact) mass is 592 g/mol. The van der Waals surface area contributed by atoms with Crippen LogP contribution in [0.25, 0.3) is 0 Å². The second-order valence-corrected chi connectivity index (χ2v) is 11.9. The number of ether oxygens (including phenoxy) is 1. The van der Waals surface area contributed by atoms with Crippen molar-refractivity contribution in [3.05, 3.63) is 83.7 Å². The van der Waals surface area contributed by atoms with E-state index in [1.165, 1.54) is 5.69 Å². The minimum atomic E-state index is -0.274. The Kier molecular flexibility index (Phi) is 8.09. The Morgan fingerprint density at radius 2 is 1.61 bits per heavy atom. The SMILES string of the molecule is COc1ccc(N2C(=O)N(c3c(C)cccc3C)C(C(C)C)c3cnc(Nc4ccc(N5CCN(C)CC5)cc4)nc32)nc1. The first-order valence-corrected chi connectivity index (χ1v) is 15.1. The number of para-hydroxylation sites is 1. The van der Waals surface area contributed by atoms with Gasteiger partial charge >= 0.3 is 6.03 Å². The maximum absolute atomic E-state index is 14.6. The summed E-state index contributed by atoms with van der Waals surface area (Å²) in [6, 6.07) is 17.5. The molecule has 1 atom stereocenters. The second kappa shape index (κ2) is 12.1. The van der Waals surface area contributed by atoms with E-state index in [0.29, 0.717) is 23.3 Å². The number of amides is 2. The Morgan fingerprint density at radius 1 is 0.909 bits per heavy atom. The number of nitrogens with zero attached hydrogens (tertiary/aromatic N) is 7. The third-order valence-corrected chi connectivity index (χ3v) is 8.49. The Morgan fingerprint density at radius 3 is 2.23 bits per heavy atom. The summed E-state index contributed by atoms with van der Waals surface area (Å²) in [7, 11) is 3.75. The van der Waals surface area contributed by atoms with E-state index in [1.807, 2.05) is 55.3 Å². The van der Waals surface area contributed by atoms with E-state index in [1.54, 1.807) is 30.3 Å². The summed E-state index contributed by atoms with van der Waals surface area (Å²) in [4.78, 5) is 37.2. The number of carbonyl (C=O) groups excluding carboxylic acids is 1. The number of aryl methyl sites for hydroxylation is 2. The van der Waals surface area contributed by atoms with Gasteiger partial charge in [-0.2, -0.15) is 4.98 Å². The lowest BCUT2D eigenvalue weighted by atomic mass is 9.91. The molecule has 2 aliphatic heterocycles. The van der Waals surface area contributed by atoms with Gasteiger partial charge in [-0.15, -0.1) is 0 Å². The number of likely N-dealkylation sites (N-methyl/N-ethyl adjacent to an activating group) is 1. The zero-order chi connectivity index (χ0) is 31.0. The van der Waals surface area contributed by atoms with Gasteiger partial charge in [0.25, 0.3) is 0 Å². The van der Waals surface area contributed by atoms with Gasteiger partial charge in [-0.3, -0.25) is 4.90 Å². The quantitative estimate of drug-likeness (QED) is 0.261. The average molecular weight is 593 g/mol. The van der Waals surface area contributed by atoms with Gasteiger partial charge in [0.15, 0.2) is 5.82 Å². The summed E-state index contributed by atoms with van der Waals surface area (Å²) in [5.41, 5.74) is 5.86. The highest BCUT2D eigenvalue weighted by Gasteiger charge is 2.43. The van der Waals surface area contributed by atoms with Crippen molar-refractivity contribution in [2.75, 3.05) is 60.4 Å². The molecule has 44 heavy (non-hydrogen) atoms. The molecular formula is C34H40N8O2. The summed E-state index contributed by atoms with van der Waals surface area (Å²) < 4.78 is 5.34. The summed E-state index contributed by atoms with van der Waals surface area (Å²) in [5, 5.41) is 3.36. The third kappa shape index (κ3) is 5.53. The molecule has 4 aromatic rings. The molecule has 6 rings (SSSR count). The van der Waals surface area contributed by atoms with Crippen LogP contribution in [0.5, 0.6) is 5.75 Å². The highest BCUT2D eigenvalue weighted by atomic mass is 16.5. The van der Waals surface area contributed by atoms with Gasteiger partial charge in [0.05, 0.1) is 25.0 Å². The van der Waals surface area contributed by atoms with Crippen molar-refractivity contribution in [2.24, 2.45) is 5.92 Å². The van der Waals surface area contributed by atoms with Gasteiger partial charge < -0.3 is 19.9 Å². The number of hydrogen-bond acceptors (Lipinski definition) is 8. The van der Waals surface area contributed by atoms with Crippen LogP contribution in [0.2, 0.25) is 0 Å². The molecule has 2 aromatic heterocycles. The van der Waals surface area contributed by atoms with E-state index in [9.17, 15) is 4.79 Å². The summed E-state index contributed by atoms with van der Waals surface area (Å²) in [6.07, 6.45) is 3.46. The van der Waals surface area contributed by atoms with Crippen molar-refractivity contribution in [1.29, 1.82) is 0 Å². The van der Waals surface area contributed by atoms with Crippen LogP contribution in [0.3, 0.4) is 0 Å². The Balaban J connectivity index is 1.40. The third-order valence-electron chi connectivity index (χ3n) is 8.49. The van der Waals surface area contributed by atoms with Crippen molar-refractivity contribution in [3.63, 3.8) is 0 Å². The average Bonchev–Trinajstić information content (AvgIpc) is 3.02. The molecule has 0 spiro atoms. The first kappa shape index (κ1) is 29.4. The van der Waals surface area contributed by atoms with Gasteiger partial charge in [-0.1, -0.05) is 32.0 Å². The van der Waals surface area contributed by atoms with Crippen LogP contribution in [-0.2, 0) is 0 Å². The van der Waals surface area contributed by atoms with Crippen LogP contribution in [0, 0.1) is 19.8 Å². The van der Waals surface area contributed by atoms with Crippen LogP contribution in [0.1, 0.15) is 36.6 Å². The fourth-order valence-electron chi connectivity index (χ4n) is 6.15. The van der Waals surface area contributed by atoms with Crippen molar-refractivity contribution in [1.82, 2.24) is 19.9 Å². The van der Waals surface area contributed by atoms with E-state index in [-0.39, 0.29) is 18.0 Å². The number of rotatable bonds is 7. The summed E-state index contributed by atoms with van der Waals surface area (Å²) in [6.45, 7) is 12.5. The first-order chi connectivity index (χ1) is 21.2. The Labute approximate surface area is 259 Å². The fraction of sp³-hybridized carbons (Fsp3) is 0.353. The zero-order valence-electron chi connectivity index (χ0n) is 26.3. The number of methoxy groups -OCH3 is 1. The van der Waals surface area contributed by atoms with Crippen molar-refractivity contribution < 1.29 is 9.53 Å². The van der Waals surface area contributed by atoms with E-state index in [2.05, 4.69) is 53.1 Å². The number of anilines is 6. The molecule has 0 aliphatic carbocycles. The lowest BCUT2D eigenvalue weighted by molar-refractivity contribution is 0.246. The minimum Gasteiger partial charge on any atom is -0.495 e. The van der Waals surface area contributed by atoms with E-state index in [0.717, 1.165) is 54.2 Å². The second-order valence-electron chi connectivity index (χ2n) is 11.9. The van der Waals surface area contributed by atoms with E-state index in [4.69, 9.17) is 14.7 Å². The van der Waals surface area contributed by atoms with Crippen LogP contribution >= 0.6 is 0 Å². The maximum atomic E-state index is 14.6. The lowest BCUT2D eigenvalue weighted by Gasteiger charge is -2.44. The van der Waals surface area contributed by atoms with Crippen LogP contribution in [0.4, 0.5) is 39.4 Å². The number of carbonyl (C=O) groups is 1. The molecule has 1 unspecified atom stereocenters. The maximum Gasteiger partial charge on any atom is 0.336 e. The molecule has 10 nitrogen and oxygen atoms in total. The number of benzene rings is 2. The predicted molar refractivity (Wildman–Crippen MR) is 176 cm³/mol. The first-order valence-electron chi connectivity index (χ1n) is 15.1.